The summed E-state index contributed by atoms with van der Waals surface area (Å²) in [6, 6.07) is 0. The lowest BCUT2D eigenvalue weighted by Crippen LogP contribution is -2.27. The zero-order valence-corrected chi connectivity index (χ0v) is 10.3. The molecular formula is C12H20N2O3. The molecule has 1 aliphatic rings. The van der Waals surface area contributed by atoms with Crippen LogP contribution in [0.3, 0.4) is 0 Å². The molecule has 1 heterocycles. The molecule has 0 bridgehead atoms. The molecule has 1 saturated carbocycles. The number of nitrogens with zero attached hydrogens (tertiary/aromatic N) is 2. The van der Waals surface area contributed by atoms with Crippen molar-refractivity contribution in [2.75, 3.05) is 13.2 Å². The Morgan fingerprint density at radius 1 is 1.41 bits per heavy atom. The molecule has 1 N–H and O–H groups in total. The largest absolute Gasteiger partial charge is 0.396 e. The Morgan fingerprint density at radius 2 is 2.18 bits per heavy atom. The molecule has 2 rings (SSSR count). The van der Waals surface area contributed by atoms with Gasteiger partial charge in [0.05, 0.1) is 0 Å². The number of hydrogen-bond donors (Lipinski definition) is 1. The number of aliphatic hydroxyl groups is 1. The van der Waals surface area contributed by atoms with Crippen LogP contribution >= 0.6 is 0 Å². The summed E-state index contributed by atoms with van der Waals surface area (Å²) in [6.45, 7) is 2.81. The third-order valence-electron chi connectivity index (χ3n) is 3.26. The van der Waals surface area contributed by atoms with E-state index in [4.69, 9.17) is 14.4 Å². The standard InChI is InChI=1S/C12H20N2O3/c1-2-16-12(7-3-4-8-12)11-13-10(17-14-11)6-5-9-15/h15H,2-9H2,1H3. The molecule has 1 aromatic heterocycles. The van der Waals surface area contributed by atoms with Gasteiger partial charge in [-0.15, -0.1) is 0 Å². The Bertz CT molecular complexity index is 345. The van der Waals surface area contributed by atoms with E-state index in [0.29, 0.717) is 31.2 Å². The molecule has 0 aromatic carbocycles. The monoisotopic (exact) mass is 240 g/mol. The van der Waals surface area contributed by atoms with E-state index in [9.17, 15) is 0 Å². The highest BCUT2D eigenvalue weighted by Gasteiger charge is 2.40. The fourth-order valence-electron chi connectivity index (χ4n) is 2.43. The van der Waals surface area contributed by atoms with Gasteiger partial charge in [-0.2, -0.15) is 4.98 Å². The Morgan fingerprint density at radius 3 is 2.82 bits per heavy atom. The van der Waals surface area contributed by atoms with Crippen LogP contribution in [-0.2, 0) is 16.8 Å². The van der Waals surface area contributed by atoms with Crippen LogP contribution in [-0.4, -0.2) is 28.5 Å². The molecule has 0 spiro atoms. The minimum atomic E-state index is -0.324. The second-order valence-electron chi connectivity index (χ2n) is 4.47. The normalized spacial score (nSPS) is 18.7. The third kappa shape index (κ3) is 2.66. The number of aliphatic hydroxyl groups excluding tert-OH is 1. The minimum absolute atomic E-state index is 0.147. The predicted octanol–water partition coefficient (Wildman–Crippen LogP) is 1.80. The van der Waals surface area contributed by atoms with E-state index in [1.807, 2.05) is 6.92 Å². The lowest BCUT2D eigenvalue weighted by molar-refractivity contribution is -0.0469. The number of hydrogen-bond acceptors (Lipinski definition) is 5. The first-order chi connectivity index (χ1) is 8.30. The summed E-state index contributed by atoms with van der Waals surface area (Å²) in [5.41, 5.74) is -0.324. The van der Waals surface area contributed by atoms with Crippen molar-refractivity contribution in [1.29, 1.82) is 0 Å². The van der Waals surface area contributed by atoms with E-state index < -0.39 is 0 Å². The van der Waals surface area contributed by atoms with Crippen molar-refractivity contribution in [1.82, 2.24) is 10.1 Å². The van der Waals surface area contributed by atoms with Crippen molar-refractivity contribution in [3.8, 4) is 0 Å². The van der Waals surface area contributed by atoms with Crippen LogP contribution < -0.4 is 0 Å². The molecule has 17 heavy (non-hydrogen) atoms. The molecule has 5 heteroatoms. The molecule has 0 unspecified atom stereocenters. The predicted molar refractivity (Wildman–Crippen MR) is 61.5 cm³/mol. The maximum atomic E-state index is 8.77. The highest BCUT2D eigenvalue weighted by atomic mass is 16.5. The maximum absolute atomic E-state index is 8.77. The van der Waals surface area contributed by atoms with Crippen LogP contribution in [0, 0.1) is 0 Å². The molecule has 0 saturated heterocycles. The first-order valence-electron chi connectivity index (χ1n) is 6.38. The highest BCUT2D eigenvalue weighted by Crippen LogP contribution is 2.40. The van der Waals surface area contributed by atoms with Gasteiger partial charge >= 0.3 is 0 Å². The molecule has 0 aliphatic heterocycles. The fourth-order valence-corrected chi connectivity index (χ4v) is 2.43. The van der Waals surface area contributed by atoms with Crippen molar-refractivity contribution in [2.45, 2.75) is 51.0 Å². The smallest absolute Gasteiger partial charge is 0.226 e. The molecular weight excluding hydrogens is 220 g/mol. The Balaban J connectivity index is 2.10. The Labute approximate surface area is 101 Å². The van der Waals surface area contributed by atoms with Gasteiger partial charge in [-0.05, 0) is 39.0 Å². The van der Waals surface area contributed by atoms with Gasteiger partial charge in [0, 0.05) is 19.6 Å². The topological polar surface area (TPSA) is 68.4 Å². The van der Waals surface area contributed by atoms with Gasteiger partial charge in [0.2, 0.25) is 11.7 Å². The maximum Gasteiger partial charge on any atom is 0.226 e. The summed E-state index contributed by atoms with van der Waals surface area (Å²) in [6.07, 6.45) is 5.54. The Hall–Kier alpha value is -0.940. The van der Waals surface area contributed by atoms with Crippen LogP contribution in [0.5, 0.6) is 0 Å². The van der Waals surface area contributed by atoms with Crippen LogP contribution in [0.1, 0.15) is 50.7 Å². The summed E-state index contributed by atoms with van der Waals surface area (Å²) in [5, 5.41) is 12.8. The van der Waals surface area contributed by atoms with E-state index in [0.717, 1.165) is 25.7 Å². The van der Waals surface area contributed by atoms with Crippen molar-refractivity contribution in [3.63, 3.8) is 0 Å². The lowest BCUT2D eigenvalue weighted by Gasteiger charge is -2.24. The van der Waals surface area contributed by atoms with Crippen molar-refractivity contribution in [2.24, 2.45) is 0 Å². The van der Waals surface area contributed by atoms with Gasteiger partial charge < -0.3 is 14.4 Å². The molecule has 0 atom stereocenters. The molecule has 1 aromatic rings. The summed E-state index contributed by atoms with van der Waals surface area (Å²) < 4.78 is 11.1. The van der Waals surface area contributed by atoms with Crippen molar-refractivity contribution >= 4 is 0 Å². The number of aromatic nitrogens is 2. The van der Waals surface area contributed by atoms with E-state index in [-0.39, 0.29) is 12.2 Å². The van der Waals surface area contributed by atoms with E-state index in [2.05, 4.69) is 10.1 Å². The van der Waals surface area contributed by atoms with Gasteiger partial charge in [-0.3, -0.25) is 0 Å². The SMILES string of the molecule is CCOC1(c2noc(CCCO)n2)CCCC1. The van der Waals surface area contributed by atoms with Gasteiger partial charge in [-0.25, -0.2) is 0 Å². The zero-order valence-electron chi connectivity index (χ0n) is 10.3. The first kappa shape index (κ1) is 12.5. The van der Waals surface area contributed by atoms with Gasteiger partial charge in [0.1, 0.15) is 5.60 Å². The van der Waals surface area contributed by atoms with Crippen molar-refractivity contribution < 1.29 is 14.4 Å². The number of rotatable bonds is 6. The van der Waals surface area contributed by atoms with Gasteiger partial charge in [0.25, 0.3) is 0 Å². The molecule has 5 nitrogen and oxygen atoms in total. The highest BCUT2D eigenvalue weighted by molar-refractivity contribution is 5.04. The number of ether oxygens (including phenoxy) is 1. The Kier molecular flexibility index (Phi) is 4.12. The lowest BCUT2D eigenvalue weighted by atomic mass is 10.0. The van der Waals surface area contributed by atoms with Crippen LogP contribution in [0.4, 0.5) is 0 Å². The number of aryl methyl sites for hydroxylation is 1. The second-order valence-corrected chi connectivity index (χ2v) is 4.47. The van der Waals surface area contributed by atoms with Gasteiger partial charge in [-0.1, -0.05) is 5.16 Å². The third-order valence-corrected chi connectivity index (χ3v) is 3.26. The quantitative estimate of drug-likeness (QED) is 0.821. The van der Waals surface area contributed by atoms with Crippen LogP contribution in [0.15, 0.2) is 4.52 Å². The average Bonchev–Trinajstić information content (AvgIpc) is 2.96. The molecule has 0 amide bonds. The van der Waals surface area contributed by atoms with E-state index >= 15 is 0 Å². The van der Waals surface area contributed by atoms with Crippen LogP contribution in [0.2, 0.25) is 0 Å². The first-order valence-corrected chi connectivity index (χ1v) is 6.38. The second kappa shape index (κ2) is 5.60. The average molecular weight is 240 g/mol. The molecule has 1 aliphatic carbocycles. The van der Waals surface area contributed by atoms with E-state index in [1.54, 1.807) is 0 Å². The fraction of sp³-hybridized carbons (Fsp3) is 0.833. The van der Waals surface area contributed by atoms with Gasteiger partial charge in [0.15, 0.2) is 0 Å². The summed E-state index contributed by atoms with van der Waals surface area (Å²) in [5.74, 6) is 1.28. The zero-order chi connectivity index (χ0) is 12.1. The minimum Gasteiger partial charge on any atom is -0.396 e. The summed E-state index contributed by atoms with van der Waals surface area (Å²) >= 11 is 0. The molecule has 1 fully saturated rings. The summed E-state index contributed by atoms with van der Waals surface area (Å²) in [7, 11) is 0. The van der Waals surface area contributed by atoms with Crippen molar-refractivity contribution in [3.05, 3.63) is 11.7 Å². The summed E-state index contributed by atoms with van der Waals surface area (Å²) in [4.78, 5) is 4.41. The van der Waals surface area contributed by atoms with Crippen LogP contribution in [0.25, 0.3) is 0 Å². The van der Waals surface area contributed by atoms with E-state index in [1.165, 1.54) is 0 Å². The molecule has 0 radical (unpaired) electrons. The molecule has 96 valence electrons.